The van der Waals surface area contributed by atoms with Crippen molar-refractivity contribution in [2.75, 3.05) is 27.3 Å². The zero-order valence-corrected chi connectivity index (χ0v) is 33.3. The van der Waals surface area contributed by atoms with E-state index in [1.165, 1.54) is 14.2 Å². The molecule has 0 aliphatic carbocycles. The van der Waals surface area contributed by atoms with Crippen LogP contribution in [0, 0.1) is 0 Å². The number of methoxy groups -OCH3 is 2. The van der Waals surface area contributed by atoms with E-state index in [4.69, 9.17) is 19.4 Å². The molecule has 306 valence electrons. The van der Waals surface area contributed by atoms with Gasteiger partial charge in [-0.3, -0.25) is 9.59 Å². The van der Waals surface area contributed by atoms with Crippen LogP contribution in [0.3, 0.4) is 0 Å². The van der Waals surface area contributed by atoms with E-state index < -0.39 is 24.3 Å². The molecular weight excluding hydrogens is 761 g/mol. The number of likely N-dealkylation sites (tertiary alicyclic amines) is 2. The Morgan fingerprint density at radius 2 is 1.22 bits per heavy atom. The first-order valence-corrected chi connectivity index (χ1v) is 20.0. The summed E-state index contributed by atoms with van der Waals surface area (Å²) in [7, 11) is 2.56. The van der Waals surface area contributed by atoms with Gasteiger partial charge >= 0.3 is 12.2 Å². The number of H-pyrrole nitrogens is 2. The molecule has 4 amide bonds. The third-order valence-electron chi connectivity index (χ3n) is 11.2. The lowest BCUT2D eigenvalue weighted by molar-refractivity contribution is -0.135. The van der Waals surface area contributed by atoms with Gasteiger partial charge in [0.05, 0.1) is 49.2 Å². The van der Waals surface area contributed by atoms with Crippen LogP contribution in [0.1, 0.15) is 83.8 Å². The summed E-state index contributed by atoms with van der Waals surface area (Å²) in [6.45, 7) is 1.10. The summed E-state index contributed by atoms with van der Waals surface area (Å²) in [5, 5.41) is 5.42. The number of nitrogens with zero attached hydrogens (tertiary/aromatic N) is 4. The number of carbonyl (C=O) groups excluding carboxylic acids is 4. The highest BCUT2D eigenvalue weighted by Crippen LogP contribution is 2.36. The van der Waals surface area contributed by atoms with E-state index in [-0.39, 0.29) is 23.9 Å². The van der Waals surface area contributed by atoms with Gasteiger partial charge in [0.25, 0.3) is 11.8 Å². The maximum Gasteiger partial charge on any atom is 0.407 e. The third kappa shape index (κ3) is 8.48. The van der Waals surface area contributed by atoms with Crippen molar-refractivity contribution in [2.24, 2.45) is 0 Å². The second kappa shape index (κ2) is 17.7. The molecule has 14 heteroatoms. The van der Waals surface area contributed by atoms with Gasteiger partial charge in [-0.25, -0.2) is 19.6 Å². The number of carbonyl (C=O) groups is 4. The van der Waals surface area contributed by atoms with Crippen LogP contribution in [0.15, 0.2) is 109 Å². The van der Waals surface area contributed by atoms with Crippen LogP contribution in [-0.2, 0) is 19.1 Å². The van der Waals surface area contributed by atoms with Crippen molar-refractivity contribution in [3.63, 3.8) is 0 Å². The normalized spacial score (nSPS) is 17.4. The summed E-state index contributed by atoms with van der Waals surface area (Å²) in [5.74, 6) is 0.972. The number of hydrogen-bond donors (Lipinski definition) is 4. The number of amides is 4. The number of nitrogens with one attached hydrogen (secondary N) is 4. The summed E-state index contributed by atoms with van der Waals surface area (Å²) >= 11 is 0. The van der Waals surface area contributed by atoms with E-state index in [9.17, 15) is 19.2 Å². The van der Waals surface area contributed by atoms with Gasteiger partial charge in [-0.1, -0.05) is 103 Å². The van der Waals surface area contributed by atoms with E-state index in [1.807, 2.05) is 115 Å². The number of hydrogen-bond acceptors (Lipinski definition) is 8. The van der Waals surface area contributed by atoms with Gasteiger partial charge in [0.15, 0.2) is 0 Å². The molecule has 6 aromatic rings. The second-order valence-corrected chi connectivity index (χ2v) is 14.9. The number of fused-ring (bicyclic) bond motifs is 1. The minimum Gasteiger partial charge on any atom is -0.453 e. The van der Waals surface area contributed by atoms with Crippen LogP contribution in [0.4, 0.5) is 9.59 Å². The fourth-order valence-corrected chi connectivity index (χ4v) is 8.11. The number of aromatic amines is 2. The molecule has 2 aliphatic rings. The smallest absolute Gasteiger partial charge is 0.407 e. The molecule has 4 N–H and O–H groups in total. The number of ether oxygens (including phenoxy) is 2. The Morgan fingerprint density at radius 1 is 0.683 bits per heavy atom. The molecule has 14 nitrogen and oxygen atoms in total. The zero-order chi connectivity index (χ0) is 41.6. The Hall–Kier alpha value is -7.22. The lowest BCUT2D eigenvalue weighted by atomic mass is 10.1. The summed E-state index contributed by atoms with van der Waals surface area (Å²) in [6, 6.07) is 30.2. The topological polar surface area (TPSA) is 175 Å². The first kappa shape index (κ1) is 39.6. The zero-order valence-electron chi connectivity index (χ0n) is 33.3. The third-order valence-corrected chi connectivity index (χ3v) is 11.2. The summed E-state index contributed by atoms with van der Waals surface area (Å²) in [4.78, 5) is 72.3. The van der Waals surface area contributed by atoms with Crippen molar-refractivity contribution in [1.82, 2.24) is 40.4 Å². The van der Waals surface area contributed by atoms with Crippen LogP contribution in [-0.4, -0.2) is 81.0 Å². The number of rotatable bonds is 11. The predicted octanol–water partition coefficient (Wildman–Crippen LogP) is 7.65. The molecule has 0 unspecified atom stereocenters. The molecule has 0 saturated carbocycles. The molecule has 2 fully saturated rings. The van der Waals surface area contributed by atoms with E-state index in [2.05, 4.69) is 20.6 Å². The fraction of sp³-hybridized carbons (Fsp3) is 0.261. The Morgan fingerprint density at radius 3 is 1.78 bits per heavy atom. The molecule has 0 radical (unpaired) electrons. The number of benzene rings is 4. The highest BCUT2D eigenvalue weighted by atomic mass is 16.5. The minimum absolute atomic E-state index is 0.215. The average Bonchev–Trinajstić information content (AvgIpc) is 4.13. The first-order valence-electron chi connectivity index (χ1n) is 20.0. The predicted molar refractivity (Wildman–Crippen MR) is 226 cm³/mol. The van der Waals surface area contributed by atoms with Crippen LogP contribution < -0.4 is 10.6 Å². The van der Waals surface area contributed by atoms with Crippen molar-refractivity contribution in [3.05, 3.63) is 143 Å². The van der Waals surface area contributed by atoms with Crippen LogP contribution >= 0.6 is 0 Å². The van der Waals surface area contributed by atoms with E-state index in [0.717, 1.165) is 59.1 Å². The highest BCUT2D eigenvalue weighted by molar-refractivity contribution is 5.88. The van der Waals surface area contributed by atoms with Crippen LogP contribution in [0.5, 0.6) is 0 Å². The van der Waals surface area contributed by atoms with Crippen LogP contribution in [0.25, 0.3) is 34.4 Å². The molecule has 0 spiro atoms. The fourth-order valence-electron chi connectivity index (χ4n) is 8.11. The van der Waals surface area contributed by atoms with Gasteiger partial charge in [0, 0.05) is 13.1 Å². The van der Waals surface area contributed by atoms with E-state index in [0.29, 0.717) is 35.9 Å². The van der Waals surface area contributed by atoms with Crippen molar-refractivity contribution in [3.8, 4) is 11.3 Å². The maximum absolute atomic E-state index is 13.9. The van der Waals surface area contributed by atoms with Gasteiger partial charge < -0.3 is 39.9 Å². The molecule has 60 heavy (non-hydrogen) atoms. The summed E-state index contributed by atoms with van der Waals surface area (Å²) in [6.07, 6.45) is 7.66. The standard InChI is InChI=1S/C46H46N8O6/c1-59-45(57)51-39(32-11-5-3-6-12-32)43(55)53-25-9-15-37(53)41-47-28-36(50-41)31-22-19-29(20-23-31)17-18-30-21-24-34-35(27-30)49-42(48-34)38-16-10-26-54(38)44(56)40(52-46(58)60-2)33-13-7-4-8-14-33/h3-8,11-14,17-24,27-28,37-40H,9-10,15-16,25-26H2,1-2H3,(H,47,50)(H,48,49)(H,51,57)(H,52,58)/b18-17+/t37-,38+,39-,40+/m1/s1. The Kier molecular flexibility index (Phi) is 11.7. The Bertz CT molecular complexity index is 2500. The Balaban J connectivity index is 0.932. The van der Waals surface area contributed by atoms with E-state index in [1.54, 1.807) is 16.0 Å². The van der Waals surface area contributed by atoms with Crippen LogP contribution in [0.2, 0.25) is 0 Å². The van der Waals surface area contributed by atoms with Crippen molar-refractivity contribution >= 4 is 47.2 Å². The molecule has 2 aromatic heterocycles. The van der Waals surface area contributed by atoms with Crippen molar-refractivity contribution < 1.29 is 28.7 Å². The SMILES string of the molecule is COC(=O)N[C@H](C(=O)N1CCC[C@H]1c1nc2ccc(/C=C/c3ccc(-c4cnc([C@H]5CCCN5C(=O)[C@H](NC(=O)OC)c5ccccc5)[nH]4)cc3)cc2[nH]1)c1ccccc1. The first-order chi connectivity index (χ1) is 29.3. The summed E-state index contributed by atoms with van der Waals surface area (Å²) in [5.41, 5.74) is 6.81. The molecule has 4 aromatic carbocycles. The molecule has 8 rings (SSSR count). The molecule has 2 saturated heterocycles. The molecule has 4 heterocycles. The molecule has 4 atom stereocenters. The summed E-state index contributed by atoms with van der Waals surface area (Å²) < 4.78 is 9.66. The second-order valence-electron chi connectivity index (χ2n) is 14.9. The monoisotopic (exact) mass is 806 g/mol. The quantitative estimate of drug-likeness (QED) is 0.0967. The lowest BCUT2D eigenvalue weighted by Gasteiger charge is -2.28. The number of alkyl carbamates (subject to hydrolysis) is 2. The van der Waals surface area contributed by atoms with Gasteiger partial charge in [-0.15, -0.1) is 0 Å². The van der Waals surface area contributed by atoms with Gasteiger partial charge in [0.2, 0.25) is 0 Å². The average molecular weight is 807 g/mol. The maximum atomic E-state index is 13.9. The van der Waals surface area contributed by atoms with E-state index >= 15 is 0 Å². The highest BCUT2D eigenvalue weighted by Gasteiger charge is 2.38. The number of imidazole rings is 2. The number of aromatic nitrogens is 4. The van der Waals surface area contributed by atoms with Gasteiger partial charge in [-0.2, -0.15) is 0 Å². The molecule has 2 aliphatic heterocycles. The molecule has 0 bridgehead atoms. The lowest BCUT2D eigenvalue weighted by Crippen LogP contribution is -2.42. The largest absolute Gasteiger partial charge is 0.453 e. The Labute approximate surface area is 347 Å². The minimum atomic E-state index is -0.885. The van der Waals surface area contributed by atoms with Crippen molar-refractivity contribution in [1.29, 1.82) is 0 Å². The van der Waals surface area contributed by atoms with Crippen molar-refractivity contribution in [2.45, 2.75) is 49.9 Å². The molecular formula is C46H46N8O6. The van der Waals surface area contributed by atoms with Gasteiger partial charge in [-0.05, 0) is 65.6 Å². The van der Waals surface area contributed by atoms with Gasteiger partial charge in [0.1, 0.15) is 23.7 Å².